The lowest BCUT2D eigenvalue weighted by molar-refractivity contribution is -0.143. The molecule has 1 aliphatic carbocycles. The molecule has 0 saturated heterocycles. The Morgan fingerprint density at radius 1 is 1.53 bits per heavy atom. The number of aromatic carboxylic acids is 1. The largest absolute Gasteiger partial charge is 0.475 e. The highest BCUT2D eigenvalue weighted by Crippen LogP contribution is 2.41. The van der Waals surface area contributed by atoms with Gasteiger partial charge in [0.2, 0.25) is 5.82 Å². The number of aromatic nitrogens is 2. The lowest BCUT2D eigenvalue weighted by Crippen LogP contribution is -2.16. The first-order chi connectivity index (χ1) is 6.91. The summed E-state index contributed by atoms with van der Waals surface area (Å²) in [5.41, 5.74) is -0.984. The Morgan fingerprint density at radius 3 is 2.53 bits per heavy atom. The van der Waals surface area contributed by atoms with E-state index in [-0.39, 0.29) is 6.04 Å². The molecule has 4 nitrogen and oxygen atoms in total. The number of nitrogens with zero attached hydrogens (tertiary/aromatic N) is 2. The molecule has 0 amide bonds. The Morgan fingerprint density at radius 2 is 2.13 bits per heavy atom. The van der Waals surface area contributed by atoms with E-state index in [0.717, 1.165) is 4.57 Å². The van der Waals surface area contributed by atoms with Crippen LogP contribution in [0.5, 0.6) is 0 Å². The van der Waals surface area contributed by atoms with Gasteiger partial charge in [-0.3, -0.25) is 0 Å². The standard InChI is InChI=1S/C8H7F3N2O2/c9-8(10,11)5-3-12-6(7(14)15)13(5)4-1-2-4/h3-4H,1-2H2,(H,14,15). The maximum absolute atomic E-state index is 12.5. The van der Waals surface area contributed by atoms with Crippen molar-refractivity contribution in [2.75, 3.05) is 0 Å². The number of hydrogen-bond acceptors (Lipinski definition) is 2. The minimum Gasteiger partial charge on any atom is -0.475 e. The van der Waals surface area contributed by atoms with E-state index in [2.05, 4.69) is 4.98 Å². The molecule has 0 unspecified atom stereocenters. The van der Waals surface area contributed by atoms with Gasteiger partial charge in [-0.05, 0) is 12.8 Å². The lowest BCUT2D eigenvalue weighted by atomic mass is 10.4. The summed E-state index contributed by atoms with van der Waals surface area (Å²) in [5.74, 6) is -1.97. The van der Waals surface area contributed by atoms with Crippen molar-refractivity contribution < 1.29 is 23.1 Å². The molecule has 1 N–H and O–H groups in total. The Hall–Kier alpha value is -1.53. The van der Waals surface area contributed by atoms with Crippen molar-refractivity contribution in [3.63, 3.8) is 0 Å². The molecule has 0 atom stereocenters. The monoisotopic (exact) mass is 220 g/mol. The third kappa shape index (κ3) is 1.69. The van der Waals surface area contributed by atoms with Gasteiger partial charge in [-0.1, -0.05) is 0 Å². The van der Waals surface area contributed by atoms with Gasteiger partial charge in [0.1, 0.15) is 5.69 Å². The van der Waals surface area contributed by atoms with Crippen LogP contribution in [0.3, 0.4) is 0 Å². The summed E-state index contributed by atoms with van der Waals surface area (Å²) in [4.78, 5) is 13.9. The second-order valence-corrected chi connectivity index (χ2v) is 3.37. The number of alkyl halides is 3. The first-order valence-electron chi connectivity index (χ1n) is 4.29. The van der Waals surface area contributed by atoms with Crippen molar-refractivity contribution >= 4 is 5.97 Å². The molecule has 0 bridgehead atoms. The zero-order valence-corrected chi connectivity index (χ0v) is 7.45. The minimum absolute atomic E-state index is 0.366. The van der Waals surface area contributed by atoms with E-state index in [1.807, 2.05) is 0 Å². The van der Waals surface area contributed by atoms with Crippen LogP contribution in [0.15, 0.2) is 6.20 Å². The summed E-state index contributed by atoms with van der Waals surface area (Å²) in [6.45, 7) is 0. The number of halogens is 3. The first-order valence-corrected chi connectivity index (χ1v) is 4.29. The Labute approximate surface area is 82.3 Å². The molecule has 7 heteroatoms. The molecule has 1 aromatic rings. The van der Waals surface area contributed by atoms with Crippen LogP contribution in [0.2, 0.25) is 0 Å². The smallest absolute Gasteiger partial charge is 0.433 e. The number of carboxylic acid groups (broad SMARTS) is 1. The highest BCUT2D eigenvalue weighted by molar-refractivity contribution is 5.83. The van der Waals surface area contributed by atoms with Gasteiger partial charge in [0.15, 0.2) is 0 Å². The summed E-state index contributed by atoms with van der Waals surface area (Å²) in [6.07, 6.45) is -2.84. The lowest BCUT2D eigenvalue weighted by Gasteiger charge is -2.10. The van der Waals surface area contributed by atoms with Crippen LogP contribution in [0, 0.1) is 0 Å². The summed E-state index contributed by atoms with van der Waals surface area (Å²) >= 11 is 0. The van der Waals surface area contributed by atoms with E-state index in [0.29, 0.717) is 19.0 Å². The molecule has 1 aliphatic rings. The van der Waals surface area contributed by atoms with E-state index in [1.165, 1.54) is 0 Å². The minimum atomic E-state index is -4.55. The molecule has 1 heterocycles. The van der Waals surface area contributed by atoms with Crippen LogP contribution in [-0.4, -0.2) is 20.6 Å². The predicted molar refractivity (Wildman–Crippen MR) is 42.5 cm³/mol. The predicted octanol–water partition coefficient (Wildman–Crippen LogP) is 1.94. The van der Waals surface area contributed by atoms with Gasteiger partial charge in [-0.2, -0.15) is 13.2 Å². The molecule has 1 fully saturated rings. The zero-order valence-electron chi connectivity index (χ0n) is 7.45. The van der Waals surface area contributed by atoms with Crippen molar-refractivity contribution in [1.29, 1.82) is 0 Å². The molecule has 1 aromatic heterocycles. The van der Waals surface area contributed by atoms with Crippen molar-refractivity contribution in [3.05, 3.63) is 17.7 Å². The van der Waals surface area contributed by atoms with E-state index >= 15 is 0 Å². The number of hydrogen-bond donors (Lipinski definition) is 1. The number of rotatable bonds is 2. The van der Waals surface area contributed by atoms with E-state index in [4.69, 9.17) is 5.11 Å². The van der Waals surface area contributed by atoms with Gasteiger partial charge < -0.3 is 9.67 Å². The van der Waals surface area contributed by atoms with Gasteiger partial charge in [0.25, 0.3) is 0 Å². The second kappa shape index (κ2) is 2.98. The maximum atomic E-state index is 12.5. The van der Waals surface area contributed by atoms with E-state index in [9.17, 15) is 18.0 Å². The average Bonchev–Trinajstić information content (AvgIpc) is 2.81. The molecule has 0 spiro atoms. The van der Waals surface area contributed by atoms with Crippen LogP contribution in [-0.2, 0) is 6.18 Å². The van der Waals surface area contributed by atoms with Crippen LogP contribution in [0.25, 0.3) is 0 Å². The van der Waals surface area contributed by atoms with Gasteiger partial charge >= 0.3 is 12.1 Å². The van der Waals surface area contributed by atoms with Crippen molar-refractivity contribution in [2.24, 2.45) is 0 Å². The van der Waals surface area contributed by atoms with Crippen molar-refractivity contribution in [2.45, 2.75) is 25.1 Å². The molecule has 0 radical (unpaired) electrons. The van der Waals surface area contributed by atoms with E-state index in [1.54, 1.807) is 0 Å². The number of carbonyl (C=O) groups is 1. The summed E-state index contributed by atoms with van der Waals surface area (Å²) in [5, 5.41) is 8.67. The molecule has 0 aromatic carbocycles. The van der Waals surface area contributed by atoms with Crippen LogP contribution in [0.1, 0.15) is 35.2 Å². The SMILES string of the molecule is O=C(O)c1ncc(C(F)(F)F)n1C1CC1. The Balaban J connectivity index is 2.52. The zero-order chi connectivity index (χ0) is 11.2. The third-order valence-corrected chi connectivity index (χ3v) is 2.19. The summed E-state index contributed by atoms with van der Waals surface area (Å²) in [6, 6.07) is -0.366. The molecular formula is C8H7F3N2O2. The molecule has 2 rings (SSSR count). The quantitative estimate of drug-likeness (QED) is 0.828. The average molecular weight is 220 g/mol. The van der Waals surface area contributed by atoms with Crippen molar-refractivity contribution in [1.82, 2.24) is 9.55 Å². The normalized spacial score (nSPS) is 16.7. The Bertz CT molecular complexity index is 407. The highest BCUT2D eigenvalue weighted by Gasteiger charge is 2.41. The highest BCUT2D eigenvalue weighted by atomic mass is 19.4. The fourth-order valence-electron chi connectivity index (χ4n) is 1.43. The summed E-state index contributed by atoms with van der Waals surface area (Å²) < 4.78 is 38.1. The van der Waals surface area contributed by atoms with Gasteiger partial charge in [0.05, 0.1) is 6.20 Å². The van der Waals surface area contributed by atoms with E-state index < -0.39 is 23.7 Å². The second-order valence-electron chi connectivity index (χ2n) is 3.37. The first kappa shape index (κ1) is 10.0. The third-order valence-electron chi connectivity index (χ3n) is 2.19. The fraction of sp³-hybridized carbons (Fsp3) is 0.500. The van der Waals surface area contributed by atoms with Gasteiger partial charge in [0, 0.05) is 6.04 Å². The van der Waals surface area contributed by atoms with Gasteiger partial charge in [-0.25, -0.2) is 9.78 Å². The van der Waals surface area contributed by atoms with Crippen LogP contribution < -0.4 is 0 Å². The molecule has 82 valence electrons. The molecular weight excluding hydrogens is 213 g/mol. The van der Waals surface area contributed by atoms with Crippen LogP contribution in [0.4, 0.5) is 13.2 Å². The number of imidazole rings is 1. The molecule has 15 heavy (non-hydrogen) atoms. The topological polar surface area (TPSA) is 55.1 Å². The maximum Gasteiger partial charge on any atom is 0.433 e. The molecule has 0 aliphatic heterocycles. The van der Waals surface area contributed by atoms with Gasteiger partial charge in [-0.15, -0.1) is 0 Å². The fourth-order valence-corrected chi connectivity index (χ4v) is 1.43. The number of carboxylic acids is 1. The Kier molecular flexibility index (Phi) is 1.99. The summed E-state index contributed by atoms with van der Waals surface area (Å²) in [7, 11) is 0. The van der Waals surface area contributed by atoms with Crippen molar-refractivity contribution in [3.8, 4) is 0 Å². The molecule has 1 saturated carbocycles. The van der Waals surface area contributed by atoms with Crippen LogP contribution >= 0.6 is 0 Å².